The van der Waals surface area contributed by atoms with Gasteiger partial charge >= 0.3 is 0 Å². The molecule has 0 aliphatic rings. The fourth-order valence-corrected chi connectivity index (χ4v) is 2.36. The Hall–Kier alpha value is -2.20. The van der Waals surface area contributed by atoms with Crippen LogP contribution in [0.4, 0.5) is 5.69 Å². The highest BCUT2D eigenvalue weighted by atomic mass is 16.5. The molecular formula is C20H27NO3. The summed E-state index contributed by atoms with van der Waals surface area (Å²) in [5, 5.41) is 3.35. The topological polar surface area (TPSA) is 39.7 Å². The molecule has 0 bridgehead atoms. The minimum Gasteiger partial charge on any atom is -0.491 e. The van der Waals surface area contributed by atoms with Gasteiger partial charge in [-0.05, 0) is 41.8 Å². The first-order valence-corrected chi connectivity index (χ1v) is 8.38. The molecule has 2 aromatic rings. The Morgan fingerprint density at radius 1 is 0.875 bits per heavy atom. The average molecular weight is 329 g/mol. The van der Waals surface area contributed by atoms with E-state index < -0.39 is 0 Å². The van der Waals surface area contributed by atoms with E-state index in [1.54, 1.807) is 7.11 Å². The maximum atomic E-state index is 5.91. The van der Waals surface area contributed by atoms with Crippen LogP contribution in [0.3, 0.4) is 0 Å². The molecular weight excluding hydrogens is 302 g/mol. The molecule has 2 rings (SSSR count). The maximum absolute atomic E-state index is 5.91. The second-order valence-corrected chi connectivity index (χ2v) is 5.83. The van der Waals surface area contributed by atoms with Crippen LogP contribution in [0.25, 0.3) is 0 Å². The molecule has 0 saturated heterocycles. The quantitative estimate of drug-likeness (QED) is 0.659. The highest BCUT2D eigenvalue weighted by Gasteiger charge is 2.06. The van der Waals surface area contributed by atoms with Gasteiger partial charge in [-0.2, -0.15) is 0 Å². The molecule has 130 valence electrons. The highest BCUT2D eigenvalue weighted by molar-refractivity contribution is 5.46. The van der Waals surface area contributed by atoms with Crippen molar-refractivity contribution in [1.82, 2.24) is 0 Å². The van der Waals surface area contributed by atoms with Gasteiger partial charge in [0.1, 0.15) is 24.7 Å². The SMILES string of the molecule is COCCOc1ccc(NCCOc2ccccc2C(C)C)cc1. The molecule has 0 unspecified atom stereocenters. The van der Waals surface area contributed by atoms with Crippen LogP contribution in [0.2, 0.25) is 0 Å². The Labute approximate surface area is 144 Å². The van der Waals surface area contributed by atoms with Crippen molar-refractivity contribution in [3.8, 4) is 11.5 Å². The molecule has 1 N–H and O–H groups in total. The van der Waals surface area contributed by atoms with E-state index in [1.165, 1.54) is 5.56 Å². The first kappa shape index (κ1) is 18.1. The van der Waals surface area contributed by atoms with Gasteiger partial charge < -0.3 is 19.5 Å². The Bertz CT molecular complexity index is 596. The normalized spacial score (nSPS) is 10.7. The van der Waals surface area contributed by atoms with Crippen LogP contribution in [0.1, 0.15) is 25.3 Å². The first-order chi connectivity index (χ1) is 11.7. The first-order valence-electron chi connectivity index (χ1n) is 8.38. The summed E-state index contributed by atoms with van der Waals surface area (Å²) in [4.78, 5) is 0. The smallest absolute Gasteiger partial charge is 0.122 e. The lowest BCUT2D eigenvalue weighted by Crippen LogP contribution is -2.12. The maximum Gasteiger partial charge on any atom is 0.122 e. The Kier molecular flexibility index (Phi) is 7.43. The molecule has 0 saturated carbocycles. The third-order valence-electron chi connectivity index (χ3n) is 3.64. The number of ether oxygens (including phenoxy) is 3. The van der Waals surface area contributed by atoms with Crippen molar-refractivity contribution in [2.75, 3.05) is 38.8 Å². The molecule has 0 spiro atoms. The van der Waals surface area contributed by atoms with E-state index in [2.05, 4.69) is 31.3 Å². The van der Waals surface area contributed by atoms with Gasteiger partial charge in [0.05, 0.1) is 6.61 Å². The summed E-state index contributed by atoms with van der Waals surface area (Å²) in [7, 11) is 1.66. The van der Waals surface area contributed by atoms with Crippen LogP contribution in [0, 0.1) is 0 Å². The molecule has 0 amide bonds. The van der Waals surface area contributed by atoms with Crippen molar-refractivity contribution in [2.24, 2.45) is 0 Å². The lowest BCUT2D eigenvalue weighted by molar-refractivity contribution is 0.146. The highest BCUT2D eigenvalue weighted by Crippen LogP contribution is 2.25. The van der Waals surface area contributed by atoms with Gasteiger partial charge in [0.15, 0.2) is 0 Å². The van der Waals surface area contributed by atoms with E-state index in [-0.39, 0.29) is 0 Å². The zero-order valence-electron chi connectivity index (χ0n) is 14.7. The van der Waals surface area contributed by atoms with Crippen molar-refractivity contribution in [1.29, 1.82) is 0 Å². The second kappa shape index (κ2) is 9.83. The number of anilines is 1. The molecule has 0 radical (unpaired) electrons. The Morgan fingerprint density at radius 2 is 1.62 bits per heavy atom. The fourth-order valence-electron chi connectivity index (χ4n) is 2.36. The number of hydrogen-bond donors (Lipinski definition) is 1. The summed E-state index contributed by atoms with van der Waals surface area (Å²) in [5.74, 6) is 2.27. The van der Waals surface area contributed by atoms with E-state index >= 15 is 0 Å². The third-order valence-corrected chi connectivity index (χ3v) is 3.64. The van der Waals surface area contributed by atoms with Gasteiger partial charge in [0, 0.05) is 19.3 Å². The Balaban J connectivity index is 1.74. The number of nitrogens with one attached hydrogen (secondary N) is 1. The van der Waals surface area contributed by atoms with Crippen LogP contribution >= 0.6 is 0 Å². The van der Waals surface area contributed by atoms with Crippen molar-refractivity contribution < 1.29 is 14.2 Å². The van der Waals surface area contributed by atoms with E-state index in [4.69, 9.17) is 14.2 Å². The fraction of sp³-hybridized carbons (Fsp3) is 0.400. The summed E-state index contributed by atoms with van der Waals surface area (Å²) in [6.07, 6.45) is 0. The zero-order chi connectivity index (χ0) is 17.2. The predicted octanol–water partition coefficient (Wildman–Crippen LogP) is 4.33. The van der Waals surface area contributed by atoms with Crippen molar-refractivity contribution in [2.45, 2.75) is 19.8 Å². The molecule has 4 nitrogen and oxygen atoms in total. The van der Waals surface area contributed by atoms with Crippen LogP contribution in [-0.4, -0.2) is 33.5 Å². The summed E-state index contributed by atoms with van der Waals surface area (Å²) >= 11 is 0. The van der Waals surface area contributed by atoms with Gasteiger partial charge in [0.2, 0.25) is 0 Å². The van der Waals surface area contributed by atoms with Crippen LogP contribution < -0.4 is 14.8 Å². The predicted molar refractivity (Wildman–Crippen MR) is 98.3 cm³/mol. The van der Waals surface area contributed by atoms with Gasteiger partial charge in [0.25, 0.3) is 0 Å². The lowest BCUT2D eigenvalue weighted by atomic mass is 10.0. The number of benzene rings is 2. The lowest BCUT2D eigenvalue weighted by Gasteiger charge is -2.14. The number of para-hydroxylation sites is 1. The zero-order valence-corrected chi connectivity index (χ0v) is 14.7. The van der Waals surface area contributed by atoms with Crippen LogP contribution in [0.15, 0.2) is 48.5 Å². The van der Waals surface area contributed by atoms with Crippen molar-refractivity contribution >= 4 is 5.69 Å². The second-order valence-electron chi connectivity index (χ2n) is 5.83. The monoisotopic (exact) mass is 329 g/mol. The van der Waals surface area contributed by atoms with Gasteiger partial charge in [-0.25, -0.2) is 0 Å². The van der Waals surface area contributed by atoms with Gasteiger partial charge in [-0.1, -0.05) is 32.0 Å². The van der Waals surface area contributed by atoms with E-state index in [9.17, 15) is 0 Å². The van der Waals surface area contributed by atoms with Gasteiger partial charge in [-0.15, -0.1) is 0 Å². The molecule has 0 heterocycles. The van der Waals surface area contributed by atoms with E-state index in [0.29, 0.717) is 25.7 Å². The Morgan fingerprint density at radius 3 is 2.33 bits per heavy atom. The largest absolute Gasteiger partial charge is 0.491 e. The molecule has 24 heavy (non-hydrogen) atoms. The summed E-state index contributed by atoms with van der Waals surface area (Å²) in [6.45, 7) is 6.88. The van der Waals surface area contributed by atoms with Gasteiger partial charge in [-0.3, -0.25) is 0 Å². The molecule has 0 aliphatic carbocycles. The summed E-state index contributed by atoms with van der Waals surface area (Å²) in [6, 6.07) is 16.1. The minimum atomic E-state index is 0.458. The van der Waals surface area contributed by atoms with Crippen molar-refractivity contribution in [3.05, 3.63) is 54.1 Å². The molecule has 4 heteroatoms. The average Bonchev–Trinajstić information content (AvgIpc) is 2.60. The van der Waals surface area contributed by atoms with Crippen molar-refractivity contribution in [3.63, 3.8) is 0 Å². The number of methoxy groups -OCH3 is 1. The third kappa shape index (κ3) is 5.78. The number of rotatable bonds is 10. The minimum absolute atomic E-state index is 0.458. The standard InChI is InChI=1S/C20H27NO3/c1-16(2)19-6-4-5-7-20(19)24-13-12-21-17-8-10-18(11-9-17)23-15-14-22-3/h4-11,16,21H,12-15H2,1-3H3. The molecule has 0 aliphatic heterocycles. The van der Waals surface area contributed by atoms with E-state index in [0.717, 1.165) is 23.7 Å². The summed E-state index contributed by atoms with van der Waals surface area (Å²) < 4.78 is 16.4. The molecule has 0 atom stereocenters. The van der Waals surface area contributed by atoms with Crippen LogP contribution in [-0.2, 0) is 4.74 Å². The summed E-state index contributed by atoms with van der Waals surface area (Å²) in [5.41, 5.74) is 2.30. The van der Waals surface area contributed by atoms with E-state index in [1.807, 2.05) is 36.4 Å². The number of hydrogen-bond acceptors (Lipinski definition) is 4. The van der Waals surface area contributed by atoms with Crippen LogP contribution in [0.5, 0.6) is 11.5 Å². The molecule has 2 aromatic carbocycles. The molecule has 0 aromatic heterocycles. The molecule has 0 fully saturated rings.